The number of benzene rings is 3. The van der Waals surface area contributed by atoms with Gasteiger partial charge in [-0.15, -0.1) is 0 Å². The quantitative estimate of drug-likeness (QED) is 0.546. The van der Waals surface area contributed by atoms with Crippen molar-refractivity contribution in [2.24, 2.45) is 0 Å². The van der Waals surface area contributed by atoms with Gasteiger partial charge in [0.1, 0.15) is 11.4 Å². The predicted octanol–water partition coefficient (Wildman–Crippen LogP) is 5.27. The third kappa shape index (κ3) is 3.78. The van der Waals surface area contributed by atoms with E-state index in [0.29, 0.717) is 22.7 Å². The number of hydrogen-bond donors (Lipinski definition) is 1. The lowest BCUT2D eigenvalue weighted by Gasteiger charge is -2.16. The third-order valence-electron chi connectivity index (χ3n) is 5.70. The molecule has 1 heterocycles. The molecule has 0 fully saturated rings. The molecule has 0 saturated carbocycles. The zero-order chi connectivity index (χ0) is 22.8. The van der Waals surface area contributed by atoms with E-state index >= 15 is 0 Å². The van der Waals surface area contributed by atoms with E-state index in [4.69, 9.17) is 4.74 Å². The molecule has 1 aliphatic rings. The van der Waals surface area contributed by atoms with Crippen molar-refractivity contribution in [1.82, 2.24) is 0 Å². The fraction of sp³-hybridized carbons (Fsp3) is 0.185. The molecule has 0 atom stereocenters. The molecule has 0 aromatic heterocycles. The van der Waals surface area contributed by atoms with Crippen molar-refractivity contribution in [1.29, 1.82) is 0 Å². The standard InChI is InChI=1S/C27H26N2O3/c1-5-19-11-13-20(14-12-19)29-26(30)24(21-15-10-17(2)16-18(21)3)25(27(29)31)28-22-8-6-7-9-23(22)32-4/h6-16,28H,5H2,1-4H3. The second-order valence-electron chi connectivity index (χ2n) is 7.86. The first-order valence-electron chi connectivity index (χ1n) is 10.6. The molecule has 4 rings (SSSR count). The van der Waals surface area contributed by atoms with Crippen molar-refractivity contribution in [2.45, 2.75) is 27.2 Å². The number of ether oxygens (including phenoxy) is 1. The molecule has 3 aromatic rings. The van der Waals surface area contributed by atoms with Gasteiger partial charge in [0.05, 0.1) is 24.1 Å². The maximum absolute atomic E-state index is 13.6. The second kappa shape index (κ2) is 8.71. The molecule has 1 N–H and O–H groups in total. The molecular formula is C27H26N2O3. The van der Waals surface area contributed by atoms with Gasteiger partial charge in [-0.25, -0.2) is 4.90 Å². The van der Waals surface area contributed by atoms with E-state index in [2.05, 4.69) is 12.2 Å². The molecule has 2 amide bonds. The van der Waals surface area contributed by atoms with Gasteiger partial charge in [0, 0.05) is 0 Å². The summed E-state index contributed by atoms with van der Waals surface area (Å²) < 4.78 is 5.44. The Kier molecular flexibility index (Phi) is 5.82. The minimum absolute atomic E-state index is 0.242. The monoisotopic (exact) mass is 426 g/mol. The summed E-state index contributed by atoms with van der Waals surface area (Å²) in [6.45, 7) is 6.02. The van der Waals surface area contributed by atoms with Crippen LogP contribution in [0.2, 0.25) is 0 Å². The van der Waals surface area contributed by atoms with Crippen LogP contribution >= 0.6 is 0 Å². The largest absolute Gasteiger partial charge is 0.495 e. The predicted molar refractivity (Wildman–Crippen MR) is 128 cm³/mol. The molecule has 32 heavy (non-hydrogen) atoms. The molecule has 0 spiro atoms. The third-order valence-corrected chi connectivity index (χ3v) is 5.70. The molecule has 1 aliphatic heterocycles. The first-order valence-corrected chi connectivity index (χ1v) is 10.6. The number of nitrogens with zero attached hydrogens (tertiary/aromatic N) is 1. The van der Waals surface area contributed by atoms with Crippen LogP contribution in [0.4, 0.5) is 11.4 Å². The first-order chi connectivity index (χ1) is 15.4. The molecule has 5 heteroatoms. The molecule has 0 radical (unpaired) electrons. The molecular weight excluding hydrogens is 400 g/mol. The van der Waals surface area contributed by atoms with E-state index in [9.17, 15) is 9.59 Å². The van der Waals surface area contributed by atoms with Gasteiger partial charge in [-0.2, -0.15) is 0 Å². The topological polar surface area (TPSA) is 58.6 Å². The van der Waals surface area contributed by atoms with E-state index in [1.807, 2.05) is 80.6 Å². The number of carbonyl (C=O) groups is 2. The van der Waals surface area contributed by atoms with Crippen LogP contribution in [-0.4, -0.2) is 18.9 Å². The summed E-state index contributed by atoms with van der Waals surface area (Å²) in [6, 6.07) is 20.7. The average molecular weight is 427 g/mol. The van der Waals surface area contributed by atoms with Crippen LogP contribution in [0.25, 0.3) is 5.57 Å². The van der Waals surface area contributed by atoms with Crippen LogP contribution in [-0.2, 0) is 16.0 Å². The molecule has 0 unspecified atom stereocenters. The smallest absolute Gasteiger partial charge is 0.282 e. The van der Waals surface area contributed by atoms with E-state index in [1.54, 1.807) is 7.11 Å². The van der Waals surface area contributed by atoms with Gasteiger partial charge in [0.25, 0.3) is 11.8 Å². The van der Waals surface area contributed by atoms with E-state index in [1.165, 1.54) is 4.90 Å². The van der Waals surface area contributed by atoms with Crippen LogP contribution in [0, 0.1) is 13.8 Å². The number of carbonyl (C=O) groups excluding carboxylic acids is 2. The average Bonchev–Trinajstić information content (AvgIpc) is 3.03. The summed E-state index contributed by atoms with van der Waals surface area (Å²) in [6.07, 6.45) is 0.884. The number of aryl methyl sites for hydroxylation is 3. The SMILES string of the molecule is CCc1ccc(N2C(=O)C(Nc3ccccc3OC)=C(c3ccc(C)cc3C)C2=O)cc1. The number of methoxy groups -OCH3 is 1. The summed E-state index contributed by atoms with van der Waals surface area (Å²) in [5.74, 6) is -0.144. The number of nitrogens with one attached hydrogen (secondary N) is 1. The van der Waals surface area contributed by atoms with Gasteiger partial charge >= 0.3 is 0 Å². The van der Waals surface area contributed by atoms with Crippen LogP contribution in [0.5, 0.6) is 5.75 Å². The lowest BCUT2D eigenvalue weighted by molar-refractivity contribution is -0.120. The highest BCUT2D eigenvalue weighted by atomic mass is 16.5. The van der Waals surface area contributed by atoms with Gasteiger partial charge in [-0.1, -0.05) is 55.0 Å². The molecule has 0 bridgehead atoms. The molecule has 0 saturated heterocycles. The van der Waals surface area contributed by atoms with Crippen molar-refractivity contribution >= 4 is 28.8 Å². The second-order valence-corrected chi connectivity index (χ2v) is 7.86. The lowest BCUT2D eigenvalue weighted by atomic mass is 9.97. The molecule has 0 aliphatic carbocycles. The summed E-state index contributed by atoms with van der Waals surface area (Å²) in [5.41, 5.74) is 5.68. The highest BCUT2D eigenvalue weighted by Crippen LogP contribution is 2.36. The fourth-order valence-electron chi connectivity index (χ4n) is 3.99. The summed E-state index contributed by atoms with van der Waals surface area (Å²) in [5, 5.41) is 3.20. The Labute approximate surface area is 188 Å². The Morgan fingerprint density at radius 3 is 2.28 bits per heavy atom. The fourth-order valence-corrected chi connectivity index (χ4v) is 3.99. The normalized spacial score (nSPS) is 13.7. The summed E-state index contributed by atoms with van der Waals surface area (Å²) in [7, 11) is 1.57. The van der Waals surface area contributed by atoms with Crippen molar-refractivity contribution in [3.05, 3.63) is 94.7 Å². The minimum atomic E-state index is -0.389. The summed E-state index contributed by atoms with van der Waals surface area (Å²) in [4.78, 5) is 28.5. The Hall–Kier alpha value is -3.86. The molecule has 5 nitrogen and oxygen atoms in total. The van der Waals surface area contributed by atoms with Gasteiger partial charge in [0.2, 0.25) is 0 Å². The highest BCUT2D eigenvalue weighted by molar-refractivity contribution is 6.46. The van der Waals surface area contributed by atoms with Gasteiger partial charge in [0.15, 0.2) is 0 Å². The van der Waals surface area contributed by atoms with Crippen molar-refractivity contribution < 1.29 is 14.3 Å². The zero-order valence-corrected chi connectivity index (χ0v) is 18.7. The van der Waals surface area contributed by atoms with Crippen LogP contribution in [0.3, 0.4) is 0 Å². The number of rotatable bonds is 6. The van der Waals surface area contributed by atoms with Crippen LogP contribution in [0.15, 0.2) is 72.4 Å². The van der Waals surface area contributed by atoms with E-state index in [-0.39, 0.29) is 17.5 Å². The summed E-state index contributed by atoms with van der Waals surface area (Å²) >= 11 is 0. The first kappa shape index (κ1) is 21.4. The molecule has 3 aromatic carbocycles. The zero-order valence-electron chi connectivity index (χ0n) is 18.7. The van der Waals surface area contributed by atoms with Crippen LogP contribution < -0.4 is 15.0 Å². The maximum Gasteiger partial charge on any atom is 0.282 e. The minimum Gasteiger partial charge on any atom is -0.495 e. The van der Waals surface area contributed by atoms with Gasteiger partial charge in [-0.05, 0) is 61.2 Å². The highest BCUT2D eigenvalue weighted by Gasteiger charge is 2.41. The number of imide groups is 1. The van der Waals surface area contributed by atoms with E-state index in [0.717, 1.165) is 28.7 Å². The van der Waals surface area contributed by atoms with E-state index < -0.39 is 0 Å². The Morgan fingerprint density at radius 1 is 0.906 bits per heavy atom. The lowest BCUT2D eigenvalue weighted by Crippen LogP contribution is -2.32. The number of hydrogen-bond acceptors (Lipinski definition) is 4. The molecule has 162 valence electrons. The maximum atomic E-state index is 13.6. The van der Waals surface area contributed by atoms with Crippen molar-refractivity contribution in [3.8, 4) is 5.75 Å². The Bertz CT molecular complexity index is 1230. The van der Waals surface area contributed by atoms with Crippen molar-refractivity contribution in [2.75, 3.05) is 17.3 Å². The van der Waals surface area contributed by atoms with Gasteiger partial charge < -0.3 is 10.1 Å². The Morgan fingerprint density at radius 2 is 1.62 bits per heavy atom. The van der Waals surface area contributed by atoms with Crippen molar-refractivity contribution in [3.63, 3.8) is 0 Å². The van der Waals surface area contributed by atoms with Crippen LogP contribution in [0.1, 0.15) is 29.2 Å². The van der Waals surface area contributed by atoms with Gasteiger partial charge in [-0.3, -0.25) is 9.59 Å². The number of anilines is 2. The Balaban J connectivity index is 1.85. The number of amides is 2. The number of para-hydroxylation sites is 2.